The Morgan fingerprint density at radius 2 is 2.00 bits per heavy atom. The number of hydrogen-bond donors (Lipinski definition) is 1. The molecule has 2 heteroatoms. The quantitative estimate of drug-likeness (QED) is 0.760. The van der Waals surface area contributed by atoms with Crippen LogP contribution in [0.3, 0.4) is 0 Å². The Morgan fingerprint density at radius 1 is 1.27 bits per heavy atom. The van der Waals surface area contributed by atoms with Crippen LogP contribution >= 0.6 is 15.9 Å². The molecule has 0 bridgehead atoms. The molecule has 1 N–H and O–H groups in total. The SMILES string of the molecule is OC1CC2(CCCC2)c2ccc(Br)cc21. The Kier molecular flexibility index (Phi) is 2.18. The molecular formula is C13H15BrO. The third-order valence-corrected chi connectivity index (χ3v) is 4.58. The highest BCUT2D eigenvalue weighted by molar-refractivity contribution is 9.10. The molecule has 3 rings (SSSR count). The fourth-order valence-electron chi connectivity index (χ4n) is 3.41. The molecule has 0 heterocycles. The lowest BCUT2D eigenvalue weighted by molar-refractivity contribution is 0.155. The van der Waals surface area contributed by atoms with Crippen molar-refractivity contribution < 1.29 is 5.11 Å². The van der Waals surface area contributed by atoms with Crippen LogP contribution in [-0.4, -0.2) is 5.11 Å². The number of rotatable bonds is 0. The maximum absolute atomic E-state index is 10.1. The first-order valence-electron chi connectivity index (χ1n) is 5.69. The second kappa shape index (κ2) is 3.33. The van der Waals surface area contributed by atoms with Gasteiger partial charge >= 0.3 is 0 Å². The predicted octanol–water partition coefficient (Wildman–Crippen LogP) is 3.70. The zero-order chi connectivity index (χ0) is 10.5. The Hall–Kier alpha value is -0.340. The number of fused-ring (bicyclic) bond motifs is 2. The molecule has 0 aromatic heterocycles. The molecule has 1 unspecified atom stereocenters. The lowest BCUT2D eigenvalue weighted by Crippen LogP contribution is -2.17. The van der Waals surface area contributed by atoms with Crippen molar-refractivity contribution in [2.45, 2.75) is 43.6 Å². The molecule has 0 saturated heterocycles. The number of benzene rings is 1. The second-order valence-electron chi connectivity index (χ2n) is 4.94. The molecule has 0 aliphatic heterocycles. The lowest BCUT2D eigenvalue weighted by atomic mass is 9.80. The minimum Gasteiger partial charge on any atom is -0.388 e. The normalized spacial score (nSPS) is 27.2. The minimum absolute atomic E-state index is 0.240. The first-order chi connectivity index (χ1) is 7.21. The molecule has 1 spiro atoms. The van der Waals surface area contributed by atoms with Gasteiger partial charge in [0, 0.05) is 4.47 Å². The van der Waals surface area contributed by atoms with Crippen LogP contribution in [0.2, 0.25) is 0 Å². The molecule has 1 aromatic carbocycles. The van der Waals surface area contributed by atoms with Gasteiger partial charge in [-0.25, -0.2) is 0 Å². The van der Waals surface area contributed by atoms with Crippen LogP contribution in [0.25, 0.3) is 0 Å². The number of hydrogen-bond acceptors (Lipinski definition) is 1. The number of aliphatic hydroxyl groups excluding tert-OH is 1. The first kappa shape index (κ1) is 9.86. The van der Waals surface area contributed by atoms with Crippen molar-refractivity contribution >= 4 is 15.9 Å². The molecule has 0 amide bonds. The summed E-state index contributed by atoms with van der Waals surface area (Å²) >= 11 is 3.48. The monoisotopic (exact) mass is 266 g/mol. The third-order valence-electron chi connectivity index (χ3n) is 4.09. The molecule has 1 nitrogen and oxygen atoms in total. The van der Waals surface area contributed by atoms with E-state index in [9.17, 15) is 5.11 Å². The van der Waals surface area contributed by atoms with E-state index >= 15 is 0 Å². The van der Waals surface area contributed by atoms with Gasteiger partial charge in [-0.05, 0) is 47.9 Å². The van der Waals surface area contributed by atoms with Gasteiger partial charge in [0.25, 0.3) is 0 Å². The van der Waals surface area contributed by atoms with Gasteiger partial charge < -0.3 is 5.11 Å². The topological polar surface area (TPSA) is 20.2 Å². The van der Waals surface area contributed by atoms with E-state index < -0.39 is 0 Å². The van der Waals surface area contributed by atoms with E-state index in [1.807, 2.05) is 0 Å². The Bertz CT molecular complexity index is 394. The van der Waals surface area contributed by atoms with Crippen molar-refractivity contribution in [3.63, 3.8) is 0 Å². The third kappa shape index (κ3) is 1.38. The van der Waals surface area contributed by atoms with Gasteiger partial charge in [-0.3, -0.25) is 0 Å². The van der Waals surface area contributed by atoms with Crippen LogP contribution in [0.4, 0.5) is 0 Å². The molecule has 2 aliphatic carbocycles. The molecular weight excluding hydrogens is 252 g/mol. The summed E-state index contributed by atoms with van der Waals surface area (Å²) in [7, 11) is 0. The highest BCUT2D eigenvalue weighted by Gasteiger charge is 2.44. The Balaban J connectivity index is 2.13. The van der Waals surface area contributed by atoms with Crippen molar-refractivity contribution in [2.24, 2.45) is 0 Å². The van der Waals surface area contributed by atoms with Crippen LogP contribution in [0.15, 0.2) is 22.7 Å². The average molecular weight is 267 g/mol. The summed E-state index contributed by atoms with van der Waals surface area (Å²) in [5, 5.41) is 10.1. The molecule has 1 atom stereocenters. The zero-order valence-electron chi connectivity index (χ0n) is 8.67. The zero-order valence-corrected chi connectivity index (χ0v) is 10.3. The van der Waals surface area contributed by atoms with E-state index in [1.165, 1.54) is 31.2 Å². The van der Waals surface area contributed by atoms with Crippen molar-refractivity contribution in [1.29, 1.82) is 0 Å². The summed E-state index contributed by atoms with van der Waals surface area (Å²) in [5.41, 5.74) is 2.89. The van der Waals surface area contributed by atoms with Crippen LogP contribution < -0.4 is 0 Å². The minimum atomic E-state index is -0.240. The largest absolute Gasteiger partial charge is 0.388 e. The molecule has 1 aromatic rings. The first-order valence-corrected chi connectivity index (χ1v) is 6.49. The van der Waals surface area contributed by atoms with Crippen molar-refractivity contribution in [3.05, 3.63) is 33.8 Å². The maximum Gasteiger partial charge on any atom is 0.0801 e. The molecule has 0 radical (unpaired) electrons. The number of aliphatic hydroxyl groups is 1. The van der Waals surface area contributed by atoms with Gasteiger partial charge in [-0.1, -0.05) is 34.8 Å². The van der Waals surface area contributed by atoms with Crippen LogP contribution in [0, 0.1) is 0 Å². The molecule has 15 heavy (non-hydrogen) atoms. The van der Waals surface area contributed by atoms with Crippen molar-refractivity contribution in [1.82, 2.24) is 0 Å². The summed E-state index contributed by atoms with van der Waals surface area (Å²) in [4.78, 5) is 0. The molecule has 1 fully saturated rings. The summed E-state index contributed by atoms with van der Waals surface area (Å²) in [6, 6.07) is 6.41. The number of halogens is 1. The summed E-state index contributed by atoms with van der Waals surface area (Å²) < 4.78 is 1.08. The van der Waals surface area contributed by atoms with Crippen LogP contribution in [-0.2, 0) is 5.41 Å². The summed E-state index contributed by atoms with van der Waals surface area (Å²) in [5.74, 6) is 0. The fourth-order valence-corrected chi connectivity index (χ4v) is 3.79. The van der Waals surface area contributed by atoms with Crippen molar-refractivity contribution in [3.8, 4) is 0 Å². The van der Waals surface area contributed by atoms with E-state index in [1.54, 1.807) is 0 Å². The van der Waals surface area contributed by atoms with Gasteiger partial charge in [0.1, 0.15) is 0 Å². The summed E-state index contributed by atoms with van der Waals surface area (Å²) in [6.45, 7) is 0. The second-order valence-corrected chi connectivity index (χ2v) is 5.85. The molecule has 80 valence electrons. The van der Waals surface area contributed by atoms with Gasteiger partial charge in [0.15, 0.2) is 0 Å². The van der Waals surface area contributed by atoms with Gasteiger partial charge in [-0.2, -0.15) is 0 Å². The Morgan fingerprint density at radius 3 is 2.73 bits per heavy atom. The van der Waals surface area contributed by atoms with Gasteiger partial charge in [0.05, 0.1) is 6.10 Å². The predicted molar refractivity (Wildman–Crippen MR) is 63.9 cm³/mol. The maximum atomic E-state index is 10.1. The van der Waals surface area contributed by atoms with E-state index in [0.717, 1.165) is 16.5 Å². The average Bonchev–Trinajstić information content (AvgIpc) is 2.76. The highest BCUT2D eigenvalue weighted by atomic mass is 79.9. The molecule has 1 saturated carbocycles. The van der Waals surface area contributed by atoms with E-state index in [2.05, 4.69) is 34.1 Å². The van der Waals surface area contributed by atoms with Crippen molar-refractivity contribution in [2.75, 3.05) is 0 Å². The lowest BCUT2D eigenvalue weighted by Gasteiger charge is -2.24. The fraction of sp³-hybridized carbons (Fsp3) is 0.538. The van der Waals surface area contributed by atoms with Crippen LogP contribution in [0.1, 0.15) is 49.3 Å². The van der Waals surface area contributed by atoms with E-state index in [0.29, 0.717) is 5.41 Å². The van der Waals surface area contributed by atoms with Gasteiger partial charge in [-0.15, -0.1) is 0 Å². The van der Waals surface area contributed by atoms with E-state index in [-0.39, 0.29) is 6.10 Å². The van der Waals surface area contributed by atoms with Gasteiger partial charge in [0.2, 0.25) is 0 Å². The highest BCUT2D eigenvalue weighted by Crippen LogP contribution is 2.54. The summed E-state index contributed by atoms with van der Waals surface area (Å²) in [6.07, 6.45) is 5.87. The Labute approximate surface area is 98.6 Å². The standard InChI is InChI=1S/C13H15BrO/c14-9-3-4-11-10(7-9)12(15)8-13(11)5-1-2-6-13/h3-4,7,12,15H,1-2,5-6,8H2. The smallest absolute Gasteiger partial charge is 0.0801 e. The van der Waals surface area contributed by atoms with E-state index in [4.69, 9.17) is 0 Å². The molecule has 2 aliphatic rings. The van der Waals surface area contributed by atoms with Crippen LogP contribution in [0.5, 0.6) is 0 Å².